The van der Waals surface area contributed by atoms with E-state index in [1.165, 1.54) is 0 Å². The summed E-state index contributed by atoms with van der Waals surface area (Å²) < 4.78 is 10.8. The molecule has 2 rings (SSSR count). The molecule has 5 nitrogen and oxygen atoms in total. The molecule has 1 aromatic rings. The summed E-state index contributed by atoms with van der Waals surface area (Å²) in [6.07, 6.45) is 1.14. The van der Waals surface area contributed by atoms with Gasteiger partial charge >= 0.3 is 0 Å². The van der Waals surface area contributed by atoms with Crippen LogP contribution in [0.4, 0.5) is 0 Å². The van der Waals surface area contributed by atoms with E-state index in [1.807, 2.05) is 11.8 Å². The van der Waals surface area contributed by atoms with Crippen LogP contribution < -0.4 is 5.32 Å². The molecule has 0 bridgehead atoms. The Morgan fingerprint density at radius 1 is 1.50 bits per heavy atom. The van der Waals surface area contributed by atoms with Crippen molar-refractivity contribution >= 4 is 11.8 Å². The van der Waals surface area contributed by atoms with Crippen molar-refractivity contribution < 1.29 is 9.26 Å². The van der Waals surface area contributed by atoms with E-state index in [0.29, 0.717) is 5.89 Å². The lowest BCUT2D eigenvalue weighted by Crippen LogP contribution is -2.16. The fourth-order valence-corrected chi connectivity index (χ4v) is 2.50. The second-order valence-corrected chi connectivity index (χ2v) is 7.31. The van der Waals surface area contributed by atoms with Gasteiger partial charge in [-0.2, -0.15) is 4.98 Å². The van der Waals surface area contributed by atoms with E-state index in [1.54, 1.807) is 7.11 Å². The number of hydrogen-bond donors (Lipinski definition) is 1. The van der Waals surface area contributed by atoms with Gasteiger partial charge in [0.2, 0.25) is 5.89 Å². The van der Waals surface area contributed by atoms with Crippen LogP contribution in [0.3, 0.4) is 0 Å². The number of thioether (sulfide) groups is 1. The van der Waals surface area contributed by atoms with Gasteiger partial charge in [0.1, 0.15) is 0 Å². The third kappa shape index (κ3) is 3.70. The molecule has 18 heavy (non-hydrogen) atoms. The zero-order chi connectivity index (χ0) is 13.2. The highest BCUT2D eigenvalue weighted by Gasteiger charge is 2.29. The third-order valence-electron chi connectivity index (χ3n) is 2.84. The molecule has 0 saturated carbocycles. The van der Waals surface area contributed by atoms with Crippen molar-refractivity contribution in [3.05, 3.63) is 11.7 Å². The Morgan fingerprint density at radius 3 is 2.89 bits per heavy atom. The van der Waals surface area contributed by atoms with Crippen LogP contribution in [0.15, 0.2) is 4.52 Å². The molecular formula is C12H21N3O2S. The second-order valence-electron chi connectivity index (χ2n) is 5.50. The summed E-state index contributed by atoms with van der Waals surface area (Å²) in [4.78, 5) is 4.45. The van der Waals surface area contributed by atoms with Crippen molar-refractivity contribution in [2.45, 2.75) is 49.8 Å². The maximum Gasteiger partial charge on any atom is 0.243 e. The van der Waals surface area contributed by atoms with Crippen LogP contribution in [0.25, 0.3) is 0 Å². The quantitative estimate of drug-likeness (QED) is 0.905. The van der Waals surface area contributed by atoms with Gasteiger partial charge in [0, 0.05) is 18.4 Å². The first-order chi connectivity index (χ1) is 8.48. The minimum Gasteiger partial charge on any atom is -0.380 e. The fraction of sp³-hybridized carbons (Fsp3) is 0.833. The first-order valence-corrected chi connectivity index (χ1v) is 7.19. The maximum absolute atomic E-state index is 5.31. The Labute approximate surface area is 112 Å². The van der Waals surface area contributed by atoms with Gasteiger partial charge in [0.25, 0.3) is 0 Å². The Morgan fingerprint density at radius 2 is 2.28 bits per heavy atom. The second kappa shape index (κ2) is 5.59. The average Bonchev–Trinajstić information content (AvgIpc) is 2.94. The van der Waals surface area contributed by atoms with Gasteiger partial charge in [-0.05, 0) is 6.42 Å². The summed E-state index contributed by atoms with van der Waals surface area (Å²) >= 11 is 1.82. The minimum atomic E-state index is 0.135. The fourth-order valence-electron chi connectivity index (χ4n) is 1.82. The molecule has 0 aliphatic carbocycles. The molecule has 102 valence electrons. The zero-order valence-electron chi connectivity index (χ0n) is 11.4. The summed E-state index contributed by atoms with van der Waals surface area (Å²) in [5.74, 6) is 2.24. The molecule has 2 heterocycles. The number of aromatic nitrogens is 2. The Bertz CT molecular complexity index is 389. The van der Waals surface area contributed by atoms with E-state index >= 15 is 0 Å². The van der Waals surface area contributed by atoms with Gasteiger partial charge < -0.3 is 14.6 Å². The van der Waals surface area contributed by atoms with Crippen molar-refractivity contribution in [1.29, 1.82) is 0 Å². The van der Waals surface area contributed by atoms with Crippen molar-refractivity contribution in [3.8, 4) is 0 Å². The normalized spacial score (nSPS) is 24.7. The van der Waals surface area contributed by atoms with Crippen LogP contribution in [-0.4, -0.2) is 34.6 Å². The molecule has 2 atom stereocenters. The predicted molar refractivity (Wildman–Crippen MR) is 71.5 cm³/mol. The van der Waals surface area contributed by atoms with Gasteiger partial charge in [-0.15, -0.1) is 11.8 Å². The SMILES string of the molecule is COC1CNC(c2nc(CSC(C)(C)C)no2)C1. The standard InChI is InChI=1S/C12H21N3O2S/c1-12(2,3)18-7-10-14-11(17-15-10)9-5-8(16-4)6-13-9/h8-9,13H,5-7H2,1-4H3. The molecule has 6 heteroatoms. The molecule has 1 fully saturated rings. The molecule has 1 saturated heterocycles. The number of nitrogens with zero attached hydrogens (tertiary/aromatic N) is 2. The molecular weight excluding hydrogens is 250 g/mol. The van der Waals surface area contributed by atoms with Crippen molar-refractivity contribution in [2.75, 3.05) is 13.7 Å². The topological polar surface area (TPSA) is 60.2 Å². The number of hydrogen-bond acceptors (Lipinski definition) is 6. The summed E-state index contributed by atoms with van der Waals surface area (Å²) in [5.41, 5.74) is 0. The molecule has 0 radical (unpaired) electrons. The van der Waals surface area contributed by atoms with E-state index in [0.717, 1.165) is 24.5 Å². The minimum absolute atomic E-state index is 0.135. The first kappa shape index (κ1) is 13.8. The van der Waals surface area contributed by atoms with Crippen molar-refractivity contribution in [1.82, 2.24) is 15.5 Å². The molecule has 0 amide bonds. The molecule has 0 spiro atoms. The molecule has 2 unspecified atom stereocenters. The monoisotopic (exact) mass is 271 g/mol. The van der Waals surface area contributed by atoms with Crippen LogP contribution in [0.5, 0.6) is 0 Å². The lowest BCUT2D eigenvalue weighted by Gasteiger charge is -2.15. The van der Waals surface area contributed by atoms with E-state index in [-0.39, 0.29) is 16.9 Å². The number of ether oxygens (including phenoxy) is 1. The van der Waals surface area contributed by atoms with E-state index in [9.17, 15) is 0 Å². The van der Waals surface area contributed by atoms with Crippen LogP contribution >= 0.6 is 11.8 Å². The number of methoxy groups -OCH3 is 1. The van der Waals surface area contributed by atoms with Crippen molar-refractivity contribution in [3.63, 3.8) is 0 Å². The van der Waals surface area contributed by atoms with Crippen LogP contribution in [0.2, 0.25) is 0 Å². The summed E-state index contributed by atoms with van der Waals surface area (Å²) in [6, 6.07) is 0.135. The summed E-state index contributed by atoms with van der Waals surface area (Å²) in [6.45, 7) is 7.39. The highest BCUT2D eigenvalue weighted by atomic mass is 32.2. The summed E-state index contributed by atoms with van der Waals surface area (Å²) in [5, 5.41) is 7.36. The highest BCUT2D eigenvalue weighted by molar-refractivity contribution is 7.99. The molecule has 1 aromatic heterocycles. The van der Waals surface area contributed by atoms with Crippen LogP contribution in [0.1, 0.15) is 44.9 Å². The molecule has 1 N–H and O–H groups in total. The van der Waals surface area contributed by atoms with E-state index in [4.69, 9.17) is 9.26 Å². The molecule has 1 aliphatic rings. The molecule has 1 aliphatic heterocycles. The van der Waals surface area contributed by atoms with Crippen LogP contribution in [0, 0.1) is 0 Å². The molecule has 0 aromatic carbocycles. The predicted octanol–water partition coefficient (Wildman–Crippen LogP) is 2.15. The van der Waals surface area contributed by atoms with Gasteiger partial charge in [0.05, 0.1) is 17.9 Å². The Balaban J connectivity index is 1.90. The first-order valence-electron chi connectivity index (χ1n) is 6.20. The third-order valence-corrected chi connectivity index (χ3v) is 4.11. The zero-order valence-corrected chi connectivity index (χ0v) is 12.2. The average molecular weight is 271 g/mol. The van der Waals surface area contributed by atoms with E-state index in [2.05, 4.69) is 36.2 Å². The highest BCUT2D eigenvalue weighted by Crippen LogP contribution is 2.28. The Kier molecular flexibility index (Phi) is 4.29. The van der Waals surface area contributed by atoms with Crippen molar-refractivity contribution in [2.24, 2.45) is 0 Å². The van der Waals surface area contributed by atoms with E-state index < -0.39 is 0 Å². The van der Waals surface area contributed by atoms with Gasteiger partial charge in [0.15, 0.2) is 5.82 Å². The van der Waals surface area contributed by atoms with Crippen LogP contribution in [-0.2, 0) is 10.5 Å². The lowest BCUT2D eigenvalue weighted by molar-refractivity contribution is 0.116. The van der Waals surface area contributed by atoms with Gasteiger partial charge in [-0.1, -0.05) is 25.9 Å². The maximum atomic E-state index is 5.31. The summed E-state index contributed by atoms with van der Waals surface area (Å²) in [7, 11) is 1.73. The largest absolute Gasteiger partial charge is 0.380 e. The smallest absolute Gasteiger partial charge is 0.243 e. The number of rotatable bonds is 4. The lowest BCUT2D eigenvalue weighted by atomic mass is 10.2. The van der Waals surface area contributed by atoms with Gasteiger partial charge in [-0.3, -0.25) is 0 Å². The number of nitrogens with one attached hydrogen (secondary N) is 1. The Hall–Kier alpha value is -0.590. The van der Waals surface area contributed by atoms with Gasteiger partial charge in [-0.25, -0.2) is 0 Å².